The number of hydrogen-bond donors (Lipinski definition) is 3. The molecule has 114 valence electrons. The molecule has 1 atom stereocenters. The van der Waals surface area contributed by atoms with Crippen LogP contribution in [0.4, 0.5) is 5.69 Å². The van der Waals surface area contributed by atoms with Gasteiger partial charge < -0.3 is 25.2 Å². The van der Waals surface area contributed by atoms with Gasteiger partial charge in [-0.05, 0) is 12.1 Å². The van der Waals surface area contributed by atoms with Crippen molar-refractivity contribution in [3.63, 3.8) is 0 Å². The van der Waals surface area contributed by atoms with Gasteiger partial charge in [-0.2, -0.15) is 0 Å². The van der Waals surface area contributed by atoms with Crippen molar-refractivity contribution in [3.8, 4) is 5.75 Å². The first-order valence-electron chi connectivity index (χ1n) is 6.62. The van der Waals surface area contributed by atoms with Crippen LogP contribution in [0.15, 0.2) is 18.2 Å². The molecule has 0 bridgehead atoms. The lowest BCUT2D eigenvalue weighted by molar-refractivity contribution is -0.117. The van der Waals surface area contributed by atoms with Gasteiger partial charge in [0.2, 0.25) is 5.91 Å². The summed E-state index contributed by atoms with van der Waals surface area (Å²) in [4.78, 5) is 22.9. The summed E-state index contributed by atoms with van der Waals surface area (Å²) in [6.07, 6.45) is 0.295. The number of methoxy groups -OCH3 is 1. The number of ether oxygens (including phenoxy) is 2. The third-order valence-corrected chi connectivity index (χ3v) is 3.15. The summed E-state index contributed by atoms with van der Waals surface area (Å²) in [5.41, 5.74) is 0.552. The van der Waals surface area contributed by atoms with Gasteiger partial charge in [-0.25, -0.2) is 4.79 Å². The molecule has 21 heavy (non-hydrogen) atoms. The van der Waals surface area contributed by atoms with Crippen LogP contribution in [0, 0.1) is 0 Å². The van der Waals surface area contributed by atoms with Crippen molar-refractivity contribution >= 4 is 17.6 Å². The number of carboxylic acid groups (broad SMARTS) is 1. The van der Waals surface area contributed by atoms with E-state index in [2.05, 4.69) is 10.6 Å². The standard InChI is InChI=1S/C14H18N2O5/c1-20-12-6-9(2-3-11(12)14(18)19)16-13(17)7-10-8-21-5-4-15-10/h2-3,6,10,15H,4-5,7-8H2,1H3,(H,16,17)(H,18,19). The fourth-order valence-electron chi connectivity index (χ4n) is 2.13. The number of carbonyl (C=O) groups excluding carboxylic acids is 1. The highest BCUT2D eigenvalue weighted by Gasteiger charge is 2.17. The molecule has 0 radical (unpaired) electrons. The van der Waals surface area contributed by atoms with Crippen molar-refractivity contribution in [2.45, 2.75) is 12.5 Å². The predicted octanol–water partition coefficient (Wildman–Crippen LogP) is 0.710. The second-order valence-corrected chi connectivity index (χ2v) is 4.70. The van der Waals surface area contributed by atoms with E-state index in [1.165, 1.54) is 25.3 Å². The summed E-state index contributed by atoms with van der Waals surface area (Å²) < 4.78 is 10.3. The van der Waals surface area contributed by atoms with Crippen molar-refractivity contribution in [3.05, 3.63) is 23.8 Å². The average molecular weight is 294 g/mol. The first kappa shape index (κ1) is 15.3. The Bertz CT molecular complexity index is 526. The zero-order valence-corrected chi connectivity index (χ0v) is 11.7. The fourth-order valence-corrected chi connectivity index (χ4v) is 2.13. The van der Waals surface area contributed by atoms with Crippen LogP contribution in [0.3, 0.4) is 0 Å². The molecule has 1 fully saturated rings. The molecule has 3 N–H and O–H groups in total. The SMILES string of the molecule is COc1cc(NC(=O)CC2COCCN2)ccc1C(=O)O. The molecule has 1 unspecified atom stereocenters. The Morgan fingerprint density at radius 3 is 2.95 bits per heavy atom. The molecule has 1 amide bonds. The number of aromatic carboxylic acids is 1. The second-order valence-electron chi connectivity index (χ2n) is 4.70. The van der Waals surface area contributed by atoms with Gasteiger partial charge >= 0.3 is 5.97 Å². The van der Waals surface area contributed by atoms with Crippen LogP contribution < -0.4 is 15.4 Å². The van der Waals surface area contributed by atoms with Crippen molar-refractivity contribution in [1.29, 1.82) is 0 Å². The minimum absolute atomic E-state index is 0.000983. The Hall–Kier alpha value is -2.12. The zero-order valence-electron chi connectivity index (χ0n) is 11.7. The number of amides is 1. The quantitative estimate of drug-likeness (QED) is 0.740. The number of rotatable bonds is 5. The molecule has 1 saturated heterocycles. The van der Waals surface area contributed by atoms with E-state index in [9.17, 15) is 9.59 Å². The lowest BCUT2D eigenvalue weighted by Gasteiger charge is -2.23. The van der Waals surface area contributed by atoms with Crippen LogP contribution in [-0.4, -0.2) is 49.9 Å². The van der Waals surface area contributed by atoms with Crippen molar-refractivity contribution in [2.24, 2.45) is 0 Å². The third-order valence-electron chi connectivity index (χ3n) is 3.15. The smallest absolute Gasteiger partial charge is 0.339 e. The summed E-state index contributed by atoms with van der Waals surface area (Å²) >= 11 is 0. The van der Waals surface area contributed by atoms with Crippen LogP contribution in [-0.2, 0) is 9.53 Å². The van der Waals surface area contributed by atoms with Crippen LogP contribution >= 0.6 is 0 Å². The van der Waals surface area contributed by atoms with Gasteiger partial charge in [0.25, 0.3) is 0 Å². The molecular weight excluding hydrogens is 276 g/mol. The number of nitrogens with one attached hydrogen (secondary N) is 2. The molecular formula is C14H18N2O5. The fraction of sp³-hybridized carbons (Fsp3) is 0.429. The van der Waals surface area contributed by atoms with E-state index in [4.69, 9.17) is 14.6 Å². The molecule has 0 saturated carbocycles. The minimum atomic E-state index is -1.08. The first-order valence-corrected chi connectivity index (χ1v) is 6.62. The van der Waals surface area contributed by atoms with Crippen molar-refractivity contribution in [1.82, 2.24) is 5.32 Å². The summed E-state index contributed by atoms with van der Waals surface area (Å²) in [7, 11) is 1.39. The molecule has 0 spiro atoms. The summed E-state index contributed by atoms with van der Waals surface area (Å²) in [5.74, 6) is -1.03. The van der Waals surface area contributed by atoms with Crippen LogP contribution in [0.25, 0.3) is 0 Å². The van der Waals surface area contributed by atoms with Crippen molar-refractivity contribution in [2.75, 3.05) is 32.2 Å². The maximum absolute atomic E-state index is 11.9. The molecule has 0 aromatic heterocycles. The van der Waals surface area contributed by atoms with E-state index in [-0.39, 0.29) is 23.3 Å². The molecule has 1 aromatic rings. The average Bonchev–Trinajstić information content (AvgIpc) is 2.47. The monoisotopic (exact) mass is 294 g/mol. The zero-order chi connectivity index (χ0) is 15.2. The van der Waals surface area contributed by atoms with Gasteiger partial charge in [-0.15, -0.1) is 0 Å². The largest absolute Gasteiger partial charge is 0.496 e. The topological polar surface area (TPSA) is 96.9 Å². The van der Waals surface area contributed by atoms with Gasteiger partial charge in [0.05, 0.1) is 20.3 Å². The molecule has 1 aromatic carbocycles. The Balaban J connectivity index is 1.98. The number of carbonyl (C=O) groups is 2. The van der Waals surface area contributed by atoms with Gasteiger partial charge in [0.1, 0.15) is 11.3 Å². The number of morpholine rings is 1. The van der Waals surface area contributed by atoms with E-state index in [1.807, 2.05) is 0 Å². The molecule has 1 heterocycles. The van der Waals surface area contributed by atoms with Gasteiger partial charge in [-0.3, -0.25) is 4.79 Å². The van der Waals surface area contributed by atoms with Crippen LogP contribution in [0.2, 0.25) is 0 Å². The molecule has 0 aliphatic carbocycles. The van der Waals surface area contributed by atoms with Crippen LogP contribution in [0.5, 0.6) is 5.75 Å². The van der Waals surface area contributed by atoms with Gasteiger partial charge in [0, 0.05) is 30.8 Å². The molecule has 2 rings (SSSR count). The lowest BCUT2D eigenvalue weighted by Crippen LogP contribution is -2.43. The highest BCUT2D eigenvalue weighted by Crippen LogP contribution is 2.23. The van der Waals surface area contributed by atoms with E-state index in [1.54, 1.807) is 0 Å². The Morgan fingerprint density at radius 1 is 1.52 bits per heavy atom. The molecule has 1 aliphatic rings. The predicted molar refractivity (Wildman–Crippen MR) is 75.8 cm³/mol. The number of hydrogen-bond acceptors (Lipinski definition) is 5. The van der Waals surface area contributed by atoms with Crippen LogP contribution in [0.1, 0.15) is 16.8 Å². The Kier molecular flexibility index (Phi) is 5.13. The lowest BCUT2D eigenvalue weighted by atomic mass is 10.1. The number of carboxylic acids is 1. The van der Waals surface area contributed by atoms with Crippen molar-refractivity contribution < 1.29 is 24.2 Å². The van der Waals surface area contributed by atoms with E-state index in [0.29, 0.717) is 25.3 Å². The second kappa shape index (κ2) is 7.05. The maximum Gasteiger partial charge on any atom is 0.339 e. The molecule has 7 nitrogen and oxygen atoms in total. The minimum Gasteiger partial charge on any atom is -0.496 e. The normalized spacial score (nSPS) is 18.0. The van der Waals surface area contributed by atoms with Gasteiger partial charge in [-0.1, -0.05) is 0 Å². The summed E-state index contributed by atoms with van der Waals surface area (Å²) in [5, 5.41) is 14.9. The Labute approximate surface area is 122 Å². The molecule has 1 aliphatic heterocycles. The highest BCUT2D eigenvalue weighted by atomic mass is 16.5. The third kappa shape index (κ3) is 4.17. The Morgan fingerprint density at radius 2 is 2.33 bits per heavy atom. The first-order chi connectivity index (χ1) is 10.1. The number of benzene rings is 1. The highest BCUT2D eigenvalue weighted by molar-refractivity contribution is 5.94. The van der Waals surface area contributed by atoms with E-state index in [0.717, 1.165) is 6.54 Å². The number of anilines is 1. The summed E-state index contributed by atoms with van der Waals surface area (Å²) in [6.45, 7) is 1.90. The van der Waals surface area contributed by atoms with E-state index >= 15 is 0 Å². The molecule has 7 heteroatoms. The maximum atomic E-state index is 11.9. The van der Waals surface area contributed by atoms with Gasteiger partial charge in [0.15, 0.2) is 0 Å². The van der Waals surface area contributed by atoms with E-state index < -0.39 is 5.97 Å². The summed E-state index contributed by atoms with van der Waals surface area (Å²) in [6, 6.07) is 4.43.